The Morgan fingerprint density at radius 1 is 1.14 bits per heavy atom. The van der Waals surface area contributed by atoms with Gasteiger partial charge in [0.2, 0.25) is 0 Å². The van der Waals surface area contributed by atoms with Gasteiger partial charge in [0.15, 0.2) is 0 Å². The van der Waals surface area contributed by atoms with E-state index in [1.54, 1.807) is 13.3 Å². The van der Waals surface area contributed by atoms with E-state index in [2.05, 4.69) is 27.7 Å². The van der Waals surface area contributed by atoms with E-state index in [1.165, 1.54) is 43.6 Å². The van der Waals surface area contributed by atoms with Crippen LogP contribution in [-0.2, 0) is 0 Å². The molecular formula is C30H45N3O3S. The second-order valence-electron chi connectivity index (χ2n) is 10.3. The number of pyridine rings is 1. The van der Waals surface area contributed by atoms with E-state index in [-0.39, 0.29) is 12.5 Å². The predicted molar refractivity (Wildman–Crippen MR) is 153 cm³/mol. The van der Waals surface area contributed by atoms with Crippen LogP contribution in [0, 0.1) is 23.2 Å². The van der Waals surface area contributed by atoms with Crippen LogP contribution in [0.2, 0.25) is 0 Å². The standard InChI is InChI=1S/C30H45N3O3S/c1-36-26-10-11-29-28(21-26)27(13-16-32-29)30(35)12-9-24-14-18-33(22-25(24)23-34)17-8-20-37-19-7-5-3-2-4-6-15-31/h10-11,13,16,21,24-25,30,34-35H,2-9,12,14,17-20,22-23H2,1H3/t24-,25-,30?/m1/s1. The van der Waals surface area contributed by atoms with Crippen molar-refractivity contribution >= 4 is 22.7 Å². The summed E-state index contributed by atoms with van der Waals surface area (Å²) in [5.74, 6) is 3.93. The Kier molecular flexibility index (Phi) is 13.6. The Morgan fingerprint density at radius 3 is 2.76 bits per heavy atom. The molecule has 7 heteroatoms. The Balaban J connectivity index is 1.34. The minimum absolute atomic E-state index is 0.218. The third kappa shape index (κ3) is 9.76. The van der Waals surface area contributed by atoms with Crippen LogP contribution < -0.4 is 4.74 Å². The molecule has 2 heterocycles. The van der Waals surface area contributed by atoms with Crippen LogP contribution in [0.3, 0.4) is 0 Å². The molecule has 204 valence electrons. The second kappa shape index (κ2) is 16.9. The molecule has 1 aliphatic rings. The van der Waals surface area contributed by atoms with Gasteiger partial charge in [-0.1, -0.05) is 19.3 Å². The van der Waals surface area contributed by atoms with E-state index < -0.39 is 6.10 Å². The normalized spacial score (nSPS) is 19.1. The number of nitriles is 1. The summed E-state index contributed by atoms with van der Waals surface area (Å²) in [5.41, 5.74) is 1.77. The zero-order chi connectivity index (χ0) is 26.3. The number of nitrogens with zero attached hydrogens (tertiary/aromatic N) is 3. The highest BCUT2D eigenvalue weighted by atomic mass is 32.2. The number of hydrogen-bond donors (Lipinski definition) is 2. The number of methoxy groups -OCH3 is 1. The predicted octanol–water partition coefficient (Wildman–Crippen LogP) is 5.97. The summed E-state index contributed by atoms with van der Waals surface area (Å²) in [4.78, 5) is 6.95. The van der Waals surface area contributed by atoms with E-state index in [4.69, 9.17) is 10.00 Å². The molecule has 1 saturated heterocycles. The van der Waals surface area contributed by atoms with Gasteiger partial charge in [0.25, 0.3) is 0 Å². The smallest absolute Gasteiger partial charge is 0.119 e. The van der Waals surface area contributed by atoms with Gasteiger partial charge >= 0.3 is 0 Å². The van der Waals surface area contributed by atoms with Gasteiger partial charge < -0.3 is 19.8 Å². The minimum atomic E-state index is -0.551. The number of unbranched alkanes of at least 4 members (excludes halogenated alkanes) is 5. The Morgan fingerprint density at radius 2 is 1.95 bits per heavy atom. The highest BCUT2D eigenvalue weighted by Crippen LogP contribution is 2.33. The van der Waals surface area contributed by atoms with Crippen LogP contribution in [-0.4, -0.2) is 65.0 Å². The lowest BCUT2D eigenvalue weighted by Crippen LogP contribution is -2.42. The van der Waals surface area contributed by atoms with Gasteiger partial charge in [-0.05, 0) is 105 Å². The first-order valence-corrected chi connectivity index (χ1v) is 15.2. The summed E-state index contributed by atoms with van der Waals surface area (Å²) in [6.45, 7) is 3.37. The zero-order valence-electron chi connectivity index (χ0n) is 22.5. The van der Waals surface area contributed by atoms with E-state index in [1.807, 2.05) is 24.3 Å². The number of piperidine rings is 1. The summed E-state index contributed by atoms with van der Waals surface area (Å²) < 4.78 is 5.37. The van der Waals surface area contributed by atoms with Crippen molar-refractivity contribution in [1.29, 1.82) is 5.26 Å². The van der Waals surface area contributed by atoms with Crippen molar-refractivity contribution < 1.29 is 14.9 Å². The van der Waals surface area contributed by atoms with Gasteiger partial charge in [-0.15, -0.1) is 0 Å². The van der Waals surface area contributed by atoms with Crippen LogP contribution in [0.25, 0.3) is 10.9 Å². The zero-order valence-corrected chi connectivity index (χ0v) is 23.3. The van der Waals surface area contributed by atoms with Crippen molar-refractivity contribution in [3.63, 3.8) is 0 Å². The first kappa shape index (κ1) is 29.7. The van der Waals surface area contributed by atoms with Crippen molar-refractivity contribution in [2.45, 2.75) is 70.3 Å². The monoisotopic (exact) mass is 527 g/mol. The van der Waals surface area contributed by atoms with Crippen LogP contribution >= 0.6 is 11.8 Å². The number of fused-ring (bicyclic) bond motifs is 1. The average Bonchev–Trinajstić information content (AvgIpc) is 2.94. The quantitative estimate of drug-likeness (QED) is 0.245. The fourth-order valence-corrected chi connectivity index (χ4v) is 6.41. The molecule has 0 aliphatic carbocycles. The van der Waals surface area contributed by atoms with Crippen molar-refractivity contribution in [3.05, 3.63) is 36.0 Å². The van der Waals surface area contributed by atoms with Crippen molar-refractivity contribution in [3.8, 4) is 11.8 Å². The van der Waals surface area contributed by atoms with Gasteiger partial charge in [0, 0.05) is 31.2 Å². The number of hydrogen-bond acceptors (Lipinski definition) is 7. The number of aliphatic hydroxyl groups excluding tert-OH is 2. The van der Waals surface area contributed by atoms with Crippen molar-refractivity contribution in [1.82, 2.24) is 9.88 Å². The van der Waals surface area contributed by atoms with Crippen LogP contribution in [0.4, 0.5) is 0 Å². The Labute approximate surface area is 227 Å². The maximum absolute atomic E-state index is 11.0. The largest absolute Gasteiger partial charge is 0.497 e. The molecule has 1 aromatic carbocycles. The molecule has 0 amide bonds. The first-order valence-electron chi connectivity index (χ1n) is 14.0. The number of aromatic nitrogens is 1. The van der Waals surface area contributed by atoms with Gasteiger partial charge in [0.1, 0.15) is 5.75 Å². The fourth-order valence-electron chi connectivity index (χ4n) is 5.47. The SMILES string of the molecule is COc1ccc2nccc(C(O)CC[C@@H]3CCN(CCCSCCCCCCCC#N)C[C@@H]3CO)c2c1. The minimum Gasteiger partial charge on any atom is -0.497 e. The van der Waals surface area contributed by atoms with Crippen LogP contribution in [0.15, 0.2) is 30.5 Å². The van der Waals surface area contributed by atoms with Crippen molar-refractivity contribution in [2.24, 2.45) is 11.8 Å². The number of benzene rings is 1. The Bertz CT molecular complexity index is 967. The van der Waals surface area contributed by atoms with Crippen molar-refractivity contribution in [2.75, 3.05) is 44.9 Å². The lowest BCUT2D eigenvalue weighted by molar-refractivity contribution is 0.0581. The molecule has 1 unspecified atom stereocenters. The van der Waals surface area contributed by atoms with Crippen LogP contribution in [0.5, 0.6) is 5.75 Å². The third-order valence-corrected chi connectivity index (χ3v) is 8.86. The summed E-state index contributed by atoms with van der Waals surface area (Å²) in [6.07, 6.45) is 11.9. The highest BCUT2D eigenvalue weighted by Gasteiger charge is 2.29. The van der Waals surface area contributed by atoms with E-state index in [0.717, 1.165) is 61.1 Å². The number of aliphatic hydroxyl groups is 2. The molecule has 3 rings (SSSR count). The molecule has 1 aliphatic heterocycles. The average molecular weight is 528 g/mol. The molecule has 1 aromatic heterocycles. The van der Waals surface area contributed by atoms with Gasteiger partial charge in [-0.25, -0.2) is 0 Å². The maximum atomic E-state index is 11.0. The number of rotatable bonds is 17. The molecule has 0 radical (unpaired) electrons. The summed E-state index contributed by atoms with van der Waals surface area (Å²) in [5, 5.41) is 30.6. The molecule has 2 aromatic rings. The van der Waals surface area contributed by atoms with Gasteiger partial charge in [-0.3, -0.25) is 4.98 Å². The second-order valence-corrected chi connectivity index (χ2v) is 11.5. The molecular weight excluding hydrogens is 482 g/mol. The van der Waals surface area contributed by atoms with Crippen LogP contribution in [0.1, 0.15) is 75.9 Å². The lowest BCUT2D eigenvalue weighted by Gasteiger charge is -2.38. The van der Waals surface area contributed by atoms with E-state index in [0.29, 0.717) is 18.8 Å². The summed E-state index contributed by atoms with van der Waals surface area (Å²) in [6, 6.07) is 9.90. The molecule has 0 saturated carbocycles. The highest BCUT2D eigenvalue weighted by molar-refractivity contribution is 7.99. The number of likely N-dealkylation sites (tertiary alicyclic amines) is 1. The van der Waals surface area contributed by atoms with E-state index >= 15 is 0 Å². The summed E-state index contributed by atoms with van der Waals surface area (Å²) >= 11 is 2.06. The molecule has 0 spiro atoms. The number of thioether (sulfide) groups is 1. The van der Waals surface area contributed by atoms with Gasteiger partial charge in [0.05, 0.1) is 24.8 Å². The lowest BCUT2D eigenvalue weighted by atomic mass is 9.81. The van der Waals surface area contributed by atoms with Gasteiger partial charge in [-0.2, -0.15) is 17.0 Å². The molecule has 0 bridgehead atoms. The fraction of sp³-hybridized carbons (Fsp3) is 0.667. The maximum Gasteiger partial charge on any atom is 0.119 e. The molecule has 1 fully saturated rings. The molecule has 3 atom stereocenters. The van der Waals surface area contributed by atoms with E-state index in [9.17, 15) is 10.2 Å². The third-order valence-electron chi connectivity index (χ3n) is 7.70. The first-order chi connectivity index (χ1) is 18.2. The number of ether oxygens (including phenoxy) is 1. The molecule has 2 N–H and O–H groups in total. The molecule has 37 heavy (non-hydrogen) atoms. The molecule has 6 nitrogen and oxygen atoms in total. The Hall–Kier alpha value is -1.85. The summed E-state index contributed by atoms with van der Waals surface area (Å²) in [7, 11) is 1.65. The topological polar surface area (TPSA) is 89.6 Å².